The van der Waals surface area contributed by atoms with E-state index >= 15 is 0 Å². The molecule has 0 saturated carbocycles. The van der Waals surface area contributed by atoms with E-state index in [1.165, 1.54) is 4.31 Å². The molecule has 2 aliphatic heterocycles. The van der Waals surface area contributed by atoms with Crippen molar-refractivity contribution in [1.29, 1.82) is 0 Å². The van der Waals surface area contributed by atoms with Gasteiger partial charge in [-0.15, -0.1) is 0 Å². The summed E-state index contributed by atoms with van der Waals surface area (Å²) in [4.78, 5) is 0. The molecule has 2 aliphatic rings. The van der Waals surface area contributed by atoms with Crippen LogP contribution in [0.25, 0.3) is 0 Å². The van der Waals surface area contributed by atoms with Gasteiger partial charge in [0.1, 0.15) is 0 Å². The Bertz CT molecular complexity index is 690. The van der Waals surface area contributed by atoms with Gasteiger partial charge in [0.05, 0.1) is 19.3 Å². The van der Waals surface area contributed by atoms with Gasteiger partial charge in [-0.2, -0.15) is 17.0 Å². The van der Waals surface area contributed by atoms with Crippen molar-refractivity contribution in [2.45, 2.75) is 45.2 Å². The molecular formula is C17H26N2O4S. The second-order valence-corrected chi connectivity index (χ2v) is 8.58. The topological polar surface area (TPSA) is 59.1 Å². The number of fused-ring (bicyclic) bond motifs is 1. The van der Waals surface area contributed by atoms with Crippen LogP contribution in [-0.4, -0.2) is 49.9 Å². The summed E-state index contributed by atoms with van der Waals surface area (Å²) in [6.45, 7) is 5.60. The summed E-state index contributed by atoms with van der Waals surface area (Å²) in [5, 5.41) is 0. The van der Waals surface area contributed by atoms with Crippen LogP contribution in [0.3, 0.4) is 0 Å². The Morgan fingerprint density at radius 1 is 1.17 bits per heavy atom. The van der Waals surface area contributed by atoms with E-state index in [4.69, 9.17) is 9.47 Å². The minimum absolute atomic E-state index is 0.0694. The van der Waals surface area contributed by atoms with E-state index in [0.717, 1.165) is 30.6 Å². The van der Waals surface area contributed by atoms with E-state index in [1.807, 2.05) is 32.0 Å². The van der Waals surface area contributed by atoms with Gasteiger partial charge < -0.3 is 9.47 Å². The largest absolute Gasteiger partial charge is 0.490 e. The zero-order chi connectivity index (χ0) is 17.3. The standard InChI is InChI=1S/C17H26N2O4S/c1-13(2)18(3)24(20,21)19-9-4-6-15(19)14-7-8-16-17(12-14)23-11-5-10-22-16/h7-8,12-13,15H,4-6,9-11H2,1-3H3/t15-/m0/s1. The van der Waals surface area contributed by atoms with Crippen molar-refractivity contribution in [1.82, 2.24) is 8.61 Å². The van der Waals surface area contributed by atoms with E-state index in [-0.39, 0.29) is 12.1 Å². The molecule has 6 nitrogen and oxygen atoms in total. The van der Waals surface area contributed by atoms with Gasteiger partial charge >= 0.3 is 0 Å². The Balaban J connectivity index is 1.90. The number of benzene rings is 1. The lowest BCUT2D eigenvalue weighted by molar-refractivity contribution is 0.296. The van der Waals surface area contributed by atoms with Crippen molar-refractivity contribution >= 4 is 10.2 Å². The lowest BCUT2D eigenvalue weighted by atomic mass is 10.0. The zero-order valence-corrected chi connectivity index (χ0v) is 15.4. The highest BCUT2D eigenvalue weighted by atomic mass is 32.2. The molecule has 2 heterocycles. The van der Waals surface area contributed by atoms with Crippen LogP contribution < -0.4 is 9.47 Å². The summed E-state index contributed by atoms with van der Waals surface area (Å²) in [5.74, 6) is 1.45. The Kier molecular flexibility index (Phi) is 5.03. The molecule has 0 spiro atoms. The highest BCUT2D eigenvalue weighted by molar-refractivity contribution is 7.86. The summed E-state index contributed by atoms with van der Waals surface area (Å²) in [6, 6.07) is 5.58. The second kappa shape index (κ2) is 6.90. The Labute approximate surface area is 144 Å². The molecule has 0 aliphatic carbocycles. The van der Waals surface area contributed by atoms with Gasteiger partial charge in [-0.05, 0) is 44.4 Å². The van der Waals surface area contributed by atoms with Gasteiger partial charge in [0, 0.05) is 26.1 Å². The fourth-order valence-electron chi connectivity index (χ4n) is 3.17. The van der Waals surface area contributed by atoms with E-state index in [0.29, 0.717) is 25.5 Å². The quantitative estimate of drug-likeness (QED) is 0.834. The molecule has 7 heteroatoms. The molecule has 0 N–H and O–H groups in total. The molecule has 1 atom stereocenters. The first-order valence-electron chi connectivity index (χ1n) is 8.55. The first-order chi connectivity index (χ1) is 11.4. The minimum atomic E-state index is -3.47. The predicted octanol–water partition coefficient (Wildman–Crippen LogP) is 2.57. The lowest BCUT2D eigenvalue weighted by Gasteiger charge is -2.31. The van der Waals surface area contributed by atoms with Crippen LogP contribution in [0.4, 0.5) is 0 Å². The molecule has 0 unspecified atom stereocenters. The van der Waals surface area contributed by atoms with Gasteiger partial charge in [-0.25, -0.2) is 0 Å². The molecule has 24 heavy (non-hydrogen) atoms. The molecule has 1 aromatic carbocycles. The molecule has 0 amide bonds. The minimum Gasteiger partial charge on any atom is -0.490 e. The number of hydrogen-bond acceptors (Lipinski definition) is 4. The van der Waals surface area contributed by atoms with Crippen molar-refractivity contribution in [3.8, 4) is 11.5 Å². The first kappa shape index (κ1) is 17.5. The molecule has 134 valence electrons. The average molecular weight is 354 g/mol. The van der Waals surface area contributed by atoms with Crippen molar-refractivity contribution in [3.05, 3.63) is 23.8 Å². The fourth-order valence-corrected chi connectivity index (χ4v) is 4.94. The van der Waals surface area contributed by atoms with Gasteiger partial charge in [-0.1, -0.05) is 6.07 Å². The van der Waals surface area contributed by atoms with Crippen molar-refractivity contribution in [2.24, 2.45) is 0 Å². The maximum Gasteiger partial charge on any atom is 0.282 e. The Morgan fingerprint density at radius 3 is 2.58 bits per heavy atom. The third-order valence-electron chi connectivity index (χ3n) is 4.75. The molecule has 1 aromatic rings. The van der Waals surface area contributed by atoms with E-state index < -0.39 is 10.2 Å². The molecule has 0 bridgehead atoms. The van der Waals surface area contributed by atoms with Crippen molar-refractivity contribution in [2.75, 3.05) is 26.8 Å². The van der Waals surface area contributed by atoms with Crippen LogP contribution >= 0.6 is 0 Å². The van der Waals surface area contributed by atoms with Crippen molar-refractivity contribution in [3.63, 3.8) is 0 Å². The van der Waals surface area contributed by atoms with Crippen LogP contribution in [-0.2, 0) is 10.2 Å². The maximum atomic E-state index is 12.9. The summed E-state index contributed by atoms with van der Waals surface area (Å²) >= 11 is 0. The molecule has 3 rings (SSSR count). The second-order valence-electron chi connectivity index (χ2n) is 6.64. The molecule has 0 aromatic heterocycles. The van der Waals surface area contributed by atoms with Crippen LogP contribution in [0.5, 0.6) is 11.5 Å². The normalized spacial score (nSPS) is 22.1. The number of rotatable bonds is 4. The smallest absolute Gasteiger partial charge is 0.282 e. The first-order valence-corrected chi connectivity index (χ1v) is 9.95. The van der Waals surface area contributed by atoms with Crippen LogP contribution in [0.1, 0.15) is 44.7 Å². The maximum absolute atomic E-state index is 12.9. The average Bonchev–Trinajstić information content (AvgIpc) is 2.94. The van der Waals surface area contributed by atoms with Gasteiger partial charge in [0.15, 0.2) is 11.5 Å². The van der Waals surface area contributed by atoms with Gasteiger partial charge in [0.2, 0.25) is 0 Å². The number of hydrogen-bond donors (Lipinski definition) is 0. The van der Waals surface area contributed by atoms with Gasteiger partial charge in [0.25, 0.3) is 10.2 Å². The highest BCUT2D eigenvalue weighted by Crippen LogP contribution is 2.39. The third kappa shape index (κ3) is 3.25. The Hall–Kier alpha value is -1.31. The number of ether oxygens (including phenoxy) is 2. The zero-order valence-electron chi connectivity index (χ0n) is 14.6. The number of nitrogens with zero attached hydrogens (tertiary/aromatic N) is 2. The molecular weight excluding hydrogens is 328 g/mol. The summed E-state index contributed by atoms with van der Waals surface area (Å²) in [6.07, 6.45) is 2.54. The molecule has 1 fully saturated rings. The highest BCUT2D eigenvalue weighted by Gasteiger charge is 2.38. The predicted molar refractivity (Wildman–Crippen MR) is 92.5 cm³/mol. The van der Waals surface area contributed by atoms with Crippen molar-refractivity contribution < 1.29 is 17.9 Å². The fraction of sp³-hybridized carbons (Fsp3) is 0.647. The van der Waals surface area contributed by atoms with E-state index in [2.05, 4.69) is 0 Å². The summed E-state index contributed by atoms with van der Waals surface area (Å²) in [5.41, 5.74) is 0.970. The third-order valence-corrected chi connectivity index (χ3v) is 6.93. The lowest BCUT2D eigenvalue weighted by Crippen LogP contribution is -2.44. The molecule has 1 saturated heterocycles. The monoisotopic (exact) mass is 354 g/mol. The Morgan fingerprint density at radius 2 is 1.88 bits per heavy atom. The van der Waals surface area contributed by atoms with Crippen LogP contribution in [0.15, 0.2) is 18.2 Å². The van der Waals surface area contributed by atoms with E-state index in [1.54, 1.807) is 11.4 Å². The van der Waals surface area contributed by atoms with Crippen LogP contribution in [0, 0.1) is 0 Å². The van der Waals surface area contributed by atoms with E-state index in [9.17, 15) is 8.42 Å². The SMILES string of the molecule is CC(C)N(C)S(=O)(=O)N1CCC[C@H]1c1ccc2c(c1)OCCCO2. The summed E-state index contributed by atoms with van der Waals surface area (Å²) < 4.78 is 40.3. The summed E-state index contributed by atoms with van der Waals surface area (Å²) in [7, 11) is -1.83. The van der Waals surface area contributed by atoms with Gasteiger partial charge in [-0.3, -0.25) is 0 Å². The molecule has 0 radical (unpaired) electrons. The van der Waals surface area contributed by atoms with Crippen LogP contribution in [0.2, 0.25) is 0 Å².